The van der Waals surface area contributed by atoms with E-state index in [4.69, 9.17) is 10.5 Å². The first kappa shape index (κ1) is 13.9. The molecule has 8 nitrogen and oxygen atoms in total. The third kappa shape index (κ3) is 4.81. The molecule has 0 atom stereocenters. The Morgan fingerprint density at radius 2 is 2.11 bits per heavy atom. The number of nitrogens with zero attached hydrogens (tertiary/aromatic N) is 3. The molecule has 0 fully saturated rings. The van der Waals surface area contributed by atoms with Gasteiger partial charge in [0, 0.05) is 6.54 Å². The Hall–Kier alpha value is -2.12. The molecular formula is C10H17N5O3. The maximum atomic E-state index is 10.9. The Kier molecular flexibility index (Phi) is 5.09. The molecule has 0 bridgehead atoms. The quantitative estimate of drug-likeness (QED) is 0.694. The minimum Gasteiger partial charge on any atom is -0.469 e. The highest BCUT2D eigenvalue weighted by atomic mass is 16.5. The highest BCUT2D eigenvalue weighted by Gasteiger charge is 2.07. The number of hydrogen-bond acceptors (Lipinski definition) is 8. The number of methoxy groups -OCH3 is 1. The molecule has 0 amide bonds. The Balaban J connectivity index is 2.59. The van der Waals surface area contributed by atoms with Gasteiger partial charge in [-0.3, -0.25) is 4.79 Å². The molecule has 0 aliphatic heterocycles. The van der Waals surface area contributed by atoms with Gasteiger partial charge in [0.1, 0.15) is 0 Å². The summed E-state index contributed by atoms with van der Waals surface area (Å²) in [4.78, 5) is 22.6. The van der Waals surface area contributed by atoms with E-state index in [9.17, 15) is 4.79 Å². The lowest BCUT2D eigenvalue weighted by atomic mass is 10.4. The van der Waals surface area contributed by atoms with Crippen LogP contribution in [0.25, 0.3) is 0 Å². The zero-order valence-corrected chi connectivity index (χ0v) is 10.6. The van der Waals surface area contributed by atoms with E-state index in [-0.39, 0.29) is 36.4 Å². The molecule has 1 aromatic rings. The Morgan fingerprint density at radius 1 is 1.39 bits per heavy atom. The lowest BCUT2D eigenvalue weighted by Gasteiger charge is -2.09. The first-order chi connectivity index (χ1) is 8.51. The van der Waals surface area contributed by atoms with Crippen molar-refractivity contribution in [2.24, 2.45) is 0 Å². The highest BCUT2D eigenvalue weighted by molar-refractivity contribution is 5.69. The standard InChI is InChI=1S/C10H17N5O3/c1-6(2)18-10-14-8(11)13-9(15-10)12-5-4-7(16)17-3/h6H,4-5H2,1-3H3,(H3,11,12,13,14,15). The third-order valence-electron chi connectivity index (χ3n) is 1.81. The summed E-state index contributed by atoms with van der Waals surface area (Å²) in [6.45, 7) is 4.05. The van der Waals surface area contributed by atoms with Crippen LogP contribution in [-0.4, -0.2) is 40.7 Å². The number of hydrogen-bond donors (Lipinski definition) is 2. The molecule has 8 heteroatoms. The van der Waals surface area contributed by atoms with Gasteiger partial charge in [-0.15, -0.1) is 0 Å². The third-order valence-corrected chi connectivity index (χ3v) is 1.81. The molecule has 0 saturated carbocycles. The monoisotopic (exact) mass is 255 g/mol. The van der Waals surface area contributed by atoms with Crippen LogP contribution in [0, 0.1) is 0 Å². The average Bonchev–Trinajstić information content (AvgIpc) is 2.27. The van der Waals surface area contributed by atoms with Crippen LogP contribution in [-0.2, 0) is 9.53 Å². The molecule has 0 spiro atoms. The van der Waals surface area contributed by atoms with Crippen molar-refractivity contribution < 1.29 is 14.3 Å². The molecule has 0 radical (unpaired) electrons. The van der Waals surface area contributed by atoms with Gasteiger partial charge in [0.25, 0.3) is 0 Å². The summed E-state index contributed by atoms with van der Waals surface area (Å²) >= 11 is 0. The van der Waals surface area contributed by atoms with Crippen LogP contribution < -0.4 is 15.8 Å². The molecule has 18 heavy (non-hydrogen) atoms. The smallest absolute Gasteiger partial charge is 0.323 e. The van der Waals surface area contributed by atoms with E-state index in [0.717, 1.165) is 0 Å². The first-order valence-corrected chi connectivity index (χ1v) is 5.50. The van der Waals surface area contributed by atoms with E-state index in [1.54, 1.807) is 0 Å². The number of nitrogens with two attached hydrogens (primary N) is 1. The van der Waals surface area contributed by atoms with E-state index < -0.39 is 0 Å². The second kappa shape index (κ2) is 6.58. The summed E-state index contributed by atoms with van der Waals surface area (Å²) in [5, 5.41) is 2.84. The van der Waals surface area contributed by atoms with Crippen LogP contribution in [0.5, 0.6) is 6.01 Å². The first-order valence-electron chi connectivity index (χ1n) is 5.50. The average molecular weight is 255 g/mol. The van der Waals surface area contributed by atoms with Crippen molar-refractivity contribution in [2.75, 3.05) is 24.7 Å². The van der Waals surface area contributed by atoms with Gasteiger partial charge < -0.3 is 20.5 Å². The number of carbonyl (C=O) groups excluding carboxylic acids is 1. The molecular weight excluding hydrogens is 238 g/mol. The van der Waals surface area contributed by atoms with Crippen molar-refractivity contribution in [1.82, 2.24) is 15.0 Å². The molecule has 0 unspecified atom stereocenters. The van der Waals surface area contributed by atoms with Crippen LogP contribution in [0.15, 0.2) is 0 Å². The summed E-state index contributed by atoms with van der Waals surface area (Å²) in [5.41, 5.74) is 5.52. The van der Waals surface area contributed by atoms with Crippen molar-refractivity contribution in [2.45, 2.75) is 26.4 Å². The number of nitrogen functional groups attached to an aromatic ring is 1. The zero-order valence-electron chi connectivity index (χ0n) is 10.6. The van der Waals surface area contributed by atoms with Crippen LogP contribution in [0.1, 0.15) is 20.3 Å². The molecule has 0 aliphatic rings. The number of ether oxygens (including phenoxy) is 2. The van der Waals surface area contributed by atoms with Crippen LogP contribution >= 0.6 is 0 Å². The SMILES string of the molecule is COC(=O)CCNc1nc(N)nc(OC(C)C)n1. The van der Waals surface area contributed by atoms with Crippen LogP contribution in [0.4, 0.5) is 11.9 Å². The lowest BCUT2D eigenvalue weighted by Crippen LogP contribution is -2.15. The number of carbonyl (C=O) groups is 1. The maximum absolute atomic E-state index is 10.9. The number of rotatable bonds is 6. The van der Waals surface area contributed by atoms with E-state index in [1.807, 2.05) is 13.8 Å². The molecule has 0 aliphatic carbocycles. The number of anilines is 2. The predicted molar refractivity (Wildman–Crippen MR) is 65.1 cm³/mol. The van der Waals surface area contributed by atoms with Gasteiger partial charge in [0.2, 0.25) is 11.9 Å². The second-order valence-electron chi connectivity index (χ2n) is 3.72. The fraction of sp³-hybridized carbons (Fsp3) is 0.600. The van der Waals surface area contributed by atoms with Crippen molar-refractivity contribution in [3.8, 4) is 6.01 Å². The van der Waals surface area contributed by atoms with Gasteiger partial charge in [-0.1, -0.05) is 0 Å². The number of aromatic nitrogens is 3. The summed E-state index contributed by atoms with van der Waals surface area (Å²) < 4.78 is 9.82. The Bertz CT molecular complexity index is 410. The van der Waals surface area contributed by atoms with E-state index in [0.29, 0.717) is 6.54 Å². The van der Waals surface area contributed by atoms with E-state index in [1.165, 1.54) is 7.11 Å². The molecule has 1 heterocycles. The van der Waals surface area contributed by atoms with Gasteiger partial charge in [0.05, 0.1) is 19.6 Å². The summed E-state index contributed by atoms with van der Waals surface area (Å²) in [5.74, 6) is 0.00598. The summed E-state index contributed by atoms with van der Waals surface area (Å²) in [6.07, 6.45) is 0.150. The van der Waals surface area contributed by atoms with Gasteiger partial charge in [-0.05, 0) is 13.8 Å². The fourth-order valence-electron chi connectivity index (χ4n) is 1.09. The summed E-state index contributed by atoms with van der Waals surface area (Å²) in [6, 6.07) is 0.151. The van der Waals surface area contributed by atoms with Crippen LogP contribution in [0.2, 0.25) is 0 Å². The molecule has 3 N–H and O–H groups in total. The van der Waals surface area contributed by atoms with Crippen LogP contribution in [0.3, 0.4) is 0 Å². The van der Waals surface area contributed by atoms with Gasteiger partial charge in [-0.25, -0.2) is 0 Å². The van der Waals surface area contributed by atoms with Gasteiger partial charge in [-0.2, -0.15) is 15.0 Å². The topological polar surface area (TPSA) is 112 Å². The zero-order chi connectivity index (χ0) is 13.5. The van der Waals surface area contributed by atoms with Gasteiger partial charge >= 0.3 is 12.0 Å². The van der Waals surface area contributed by atoms with E-state index in [2.05, 4.69) is 25.0 Å². The van der Waals surface area contributed by atoms with Crippen molar-refractivity contribution in [1.29, 1.82) is 0 Å². The Labute approximate surface area is 105 Å². The maximum Gasteiger partial charge on any atom is 0.323 e. The minimum absolute atomic E-state index is 0.0567. The number of esters is 1. The van der Waals surface area contributed by atoms with Gasteiger partial charge in [0.15, 0.2) is 0 Å². The lowest BCUT2D eigenvalue weighted by molar-refractivity contribution is -0.140. The molecule has 1 rings (SSSR count). The molecule has 100 valence electrons. The molecule has 1 aromatic heterocycles. The largest absolute Gasteiger partial charge is 0.469 e. The normalized spacial score (nSPS) is 10.2. The fourth-order valence-corrected chi connectivity index (χ4v) is 1.09. The van der Waals surface area contributed by atoms with Crippen molar-refractivity contribution in [3.63, 3.8) is 0 Å². The Morgan fingerprint density at radius 3 is 2.72 bits per heavy atom. The second-order valence-corrected chi connectivity index (χ2v) is 3.72. The molecule has 0 aromatic carbocycles. The van der Waals surface area contributed by atoms with Crippen molar-refractivity contribution in [3.05, 3.63) is 0 Å². The minimum atomic E-state index is -0.316. The molecule has 0 saturated heterocycles. The number of nitrogens with one attached hydrogen (secondary N) is 1. The summed E-state index contributed by atoms with van der Waals surface area (Å²) in [7, 11) is 1.33. The van der Waals surface area contributed by atoms with E-state index >= 15 is 0 Å². The highest BCUT2D eigenvalue weighted by Crippen LogP contribution is 2.10. The van der Waals surface area contributed by atoms with Crippen molar-refractivity contribution >= 4 is 17.9 Å². The predicted octanol–water partition coefficient (Wildman–Crippen LogP) is 0.216.